The van der Waals surface area contributed by atoms with Crippen molar-refractivity contribution in [1.82, 2.24) is 9.88 Å². The summed E-state index contributed by atoms with van der Waals surface area (Å²) in [5.41, 5.74) is 1.69. The number of carbonyl (C=O) groups is 4. The minimum absolute atomic E-state index is 0.104. The highest BCUT2D eigenvalue weighted by Crippen LogP contribution is 2.17. The van der Waals surface area contributed by atoms with E-state index in [4.69, 9.17) is 9.47 Å². The Kier molecular flexibility index (Phi) is 10.9. The third-order valence-corrected chi connectivity index (χ3v) is 5.90. The molecule has 2 atom stereocenters. The summed E-state index contributed by atoms with van der Waals surface area (Å²) < 4.78 is 12.0. The molecular formula is C30H35N3O6. The summed E-state index contributed by atoms with van der Waals surface area (Å²) >= 11 is 0. The highest BCUT2D eigenvalue weighted by Gasteiger charge is 2.29. The van der Waals surface area contributed by atoms with Gasteiger partial charge in [0.25, 0.3) is 0 Å². The molecule has 3 aromatic rings. The van der Waals surface area contributed by atoms with Crippen LogP contribution in [0.1, 0.15) is 55.6 Å². The summed E-state index contributed by atoms with van der Waals surface area (Å²) in [4.78, 5) is 51.1. The Morgan fingerprint density at radius 1 is 0.846 bits per heavy atom. The minimum atomic E-state index is -0.894. The van der Waals surface area contributed by atoms with Crippen LogP contribution >= 0.6 is 0 Å². The van der Waals surface area contributed by atoms with Gasteiger partial charge in [0.1, 0.15) is 18.7 Å². The molecule has 9 nitrogen and oxygen atoms in total. The van der Waals surface area contributed by atoms with Crippen molar-refractivity contribution in [2.24, 2.45) is 5.92 Å². The number of nitrogens with zero attached hydrogens (tertiary/aromatic N) is 1. The van der Waals surface area contributed by atoms with Crippen molar-refractivity contribution in [3.8, 4) is 0 Å². The molecule has 0 saturated heterocycles. The molecule has 9 heteroatoms. The molecule has 0 fully saturated rings. The van der Waals surface area contributed by atoms with E-state index in [0.29, 0.717) is 17.7 Å². The van der Waals surface area contributed by atoms with Gasteiger partial charge in [0.2, 0.25) is 11.8 Å². The number of amides is 2. The number of rotatable bonds is 13. The SMILES string of the molecule is CCOC(=O)c1ccc(NC(=O)C(CC(C)C)NC(=O)C(CC(=O)OCc2ccccc2)n2cccc2)cc1. The number of esters is 2. The average Bonchev–Trinajstić information content (AvgIpc) is 3.45. The van der Waals surface area contributed by atoms with Crippen LogP contribution in [0.5, 0.6) is 0 Å². The first-order chi connectivity index (χ1) is 18.8. The van der Waals surface area contributed by atoms with Crippen LogP contribution in [0.3, 0.4) is 0 Å². The Morgan fingerprint density at radius 3 is 2.13 bits per heavy atom. The Bertz CT molecular complexity index is 1220. The van der Waals surface area contributed by atoms with Crippen LogP contribution in [-0.4, -0.2) is 41.0 Å². The summed E-state index contributed by atoms with van der Waals surface area (Å²) in [6, 6.07) is 17.4. The number of ether oxygens (including phenoxy) is 2. The van der Waals surface area contributed by atoms with Crippen LogP contribution in [0.15, 0.2) is 79.1 Å². The zero-order valence-corrected chi connectivity index (χ0v) is 22.5. The molecule has 0 aliphatic carbocycles. The van der Waals surface area contributed by atoms with Gasteiger partial charge < -0.3 is 24.7 Å². The highest BCUT2D eigenvalue weighted by atomic mass is 16.5. The number of anilines is 1. The van der Waals surface area contributed by atoms with E-state index in [1.807, 2.05) is 44.2 Å². The Labute approximate surface area is 228 Å². The van der Waals surface area contributed by atoms with Gasteiger partial charge in [0.05, 0.1) is 18.6 Å². The van der Waals surface area contributed by atoms with E-state index in [9.17, 15) is 19.2 Å². The second kappa shape index (κ2) is 14.5. The lowest BCUT2D eigenvalue weighted by molar-refractivity contribution is -0.147. The summed E-state index contributed by atoms with van der Waals surface area (Å²) in [5.74, 6) is -1.74. The summed E-state index contributed by atoms with van der Waals surface area (Å²) in [7, 11) is 0. The number of carbonyl (C=O) groups excluding carboxylic acids is 4. The maximum absolute atomic E-state index is 13.4. The summed E-state index contributed by atoms with van der Waals surface area (Å²) in [5, 5.41) is 5.63. The fraction of sp³-hybridized carbons (Fsp3) is 0.333. The van der Waals surface area contributed by atoms with Crippen molar-refractivity contribution in [2.45, 2.75) is 52.3 Å². The number of benzene rings is 2. The quantitative estimate of drug-likeness (QED) is 0.313. The molecule has 0 aliphatic rings. The number of hydrogen-bond donors (Lipinski definition) is 2. The predicted molar refractivity (Wildman–Crippen MR) is 147 cm³/mol. The van der Waals surface area contributed by atoms with Gasteiger partial charge in [-0.15, -0.1) is 0 Å². The van der Waals surface area contributed by atoms with E-state index >= 15 is 0 Å². The maximum atomic E-state index is 13.4. The topological polar surface area (TPSA) is 116 Å². The van der Waals surface area contributed by atoms with Crippen molar-refractivity contribution in [3.63, 3.8) is 0 Å². The monoisotopic (exact) mass is 533 g/mol. The van der Waals surface area contributed by atoms with E-state index < -0.39 is 35.8 Å². The van der Waals surface area contributed by atoms with Crippen molar-refractivity contribution < 1.29 is 28.7 Å². The third kappa shape index (κ3) is 9.14. The third-order valence-electron chi connectivity index (χ3n) is 5.90. The molecule has 3 rings (SSSR count). The fourth-order valence-electron chi connectivity index (χ4n) is 3.95. The van der Waals surface area contributed by atoms with Crippen molar-refractivity contribution in [1.29, 1.82) is 0 Å². The molecule has 0 aliphatic heterocycles. The van der Waals surface area contributed by atoms with Crippen LogP contribution in [0.4, 0.5) is 5.69 Å². The van der Waals surface area contributed by atoms with Gasteiger partial charge in [0, 0.05) is 18.1 Å². The Morgan fingerprint density at radius 2 is 1.51 bits per heavy atom. The number of nitrogens with one attached hydrogen (secondary N) is 2. The van der Waals surface area contributed by atoms with Crippen LogP contribution in [-0.2, 0) is 30.5 Å². The largest absolute Gasteiger partial charge is 0.462 e. The zero-order chi connectivity index (χ0) is 28.2. The van der Waals surface area contributed by atoms with Crippen LogP contribution in [0.2, 0.25) is 0 Å². The van der Waals surface area contributed by atoms with Gasteiger partial charge in [0.15, 0.2) is 0 Å². The van der Waals surface area contributed by atoms with Gasteiger partial charge in [-0.25, -0.2) is 4.79 Å². The van der Waals surface area contributed by atoms with Crippen LogP contribution < -0.4 is 10.6 Å². The average molecular weight is 534 g/mol. The normalized spacial score (nSPS) is 12.3. The van der Waals surface area contributed by atoms with E-state index in [2.05, 4.69) is 10.6 Å². The molecule has 206 valence electrons. The van der Waals surface area contributed by atoms with Crippen molar-refractivity contribution in [2.75, 3.05) is 11.9 Å². The summed E-state index contributed by atoms with van der Waals surface area (Å²) in [6.07, 6.45) is 3.57. The highest BCUT2D eigenvalue weighted by molar-refractivity contribution is 5.98. The molecule has 2 unspecified atom stereocenters. The molecule has 1 heterocycles. The van der Waals surface area contributed by atoms with Crippen LogP contribution in [0.25, 0.3) is 0 Å². The number of aromatic nitrogens is 1. The smallest absolute Gasteiger partial charge is 0.338 e. The second-order valence-electron chi connectivity index (χ2n) is 9.47. The van der Waals surface area contributed by atoms with E-state index in [0.717, 1.165) is 5.56 Å². The van der Waals surface area contributed by atoms with Gasteiger partial charge >= 0.3 is 11.9 Å². The standard InChI is InChI=1S/C30H35N3O6/c1-4-38-30(37)23-12-14-24(15-13-23)31-28(35)25(18-21(2)3)32-29(36)26(33-16-8-9-17-33)19-27(34)39-20-22-10-6-5-7-11-22/h5-17,21,25-26H,4,18-20H2,1-3H3,(H,31,35)(H,32,36). The first kappa shape index (κ1) is 29.2. The molecule has 2 aromatic carbocycles. The Balaban J connectivity index is 1.68. The summed E-state index contributed by atoms with van der Waals surface area (Å²) in [6.45, 7) is 6.00. The molecule has 0 saturated carbocycles. The molecular weight excluding hydrogens is 498 g/mol. The van der Waals surface area contributed by atoms with Gasteiger partial charge in [-0.2, -0.15) is 0 Å². The van der Waals surface area contributed by atoms with Crippen molar-refractivity contribution >= 4 is 29.4 Å². The number of hydrogen-bond acceptors (Lipinski definition) is 6. The Hall–Kier alpha value is -4.40. The van der Waals surface area contributed by atoms with Crippen molar-refractivity contribution in [3.05, 3.63) is 90.3 Å². The fourth-order valence-corrected chi connectivity index (χ4v) is 3.95. The lowest BCUT2D eigenvalue weighted by Crippen LogP contribution is -2.47. The lowest BCUT2D eigenvalue weighted by atomic mass is 10.0. The second-order valence-corrected chi connectivity index (χ2v) is 9.47. The van der Waals surface area contributed by atoms with E-state index in [1.165, 1.54) is 0 Å². The molecule has 0 bridgehead atoms. The van der Waals surface area contributed by atoms with Crippen LogP contribution in [0, 0.1) is 5.92 Å². The molecule has 39 heavy (non-hydrogen) atoms. The maximum Gasteiger partial charge on any atom is 0.338 e. The molecule has 0 radical (unpaired) electrons. The van der Waals surface area contributed by atoms with Gasteiger partial charge in [-0.3, -0.25) is 14.4 Å². The first-order valence-electron chi connectivity index (χ1n) is 13.0. The van der Waals surface area contributed by atoms with E-state index in [1.54, 1.807) is 60.3 Å². The zero-order valence-electron chi connectivity index (χ0n) is 22.5. The molecule has 2 amide bonds. The molecule has 2 N–H and O–H groups in total. The predicted octanol–water partition coefficient (Wildman–Crippen LogP) is 4.51. The van der Waals surface area contributed by atoms with Gasteiger partial charge in [-0.1, -0.05) is 44.2 Å². The first-order valence-corrected chi connectivity index (χ1v) is 13.0. The van der Waals surface area contributed by atoms with Gasteiger partial charge in [-0.05, 0) is 61.2 Å². The lowest BCUT2D eigenvalue weighted by Gasteiger charge is -2.24. The molecule has 0 spiro atoms. The minimum Gasteiger partial charge on any atom is -0.462 e. The molecule has 1 aromatic heterocycles. The van der Waals surface area contributed by atoms with E-state index in [-0.39, 0.29) is 25.6 Å².